The minimum absolute atomic E-state index is 0.0897. The molecule has 4 heterocycles. The van der Waals surface area contributed by atoms with Gasteiger partial charge in [-0.1, -0.05) is 5.21 Å². The predicted octanol–water partition coefficient (Wildman–Crippen LogP) is -1.56. The van der Waals surface area contributed by atoms with E-state index in [0.717, 1.165) is 50.5 Å². The zero-order chi connectivity index (χ0) is 17.9. The van der Waals surface area contributed by atoms with E-state index in [0.29, 0.717) is 31.6 Å². The second kappa shape index (κ2) is 7.42. The van der Waals surface area contributed by atoms with E-state index < -0.39 is 0 Å². The van der Waals surface area contributed by atoms with Crippen LogP contribution < -0.4 is 10.9 Å². The average molecular weight is 360 g/mol. The number of hydrogen-bond acceptors (Lipinski definition) is 6. The van der Waals surface area contributed by atoms with Gasteiger partial charge in [0.05, 0.1) is 12.7 Å². The van der Waals surface area contributed by atoms with Crippen molar-refractivity contribution < 1.29 is 4.79 Å². The number of piperazine rings is 1. The molecule has 0 radical (unpaired) electrons. The number of carbonyl (C=O) groups excluding carboxylic acids is 1. The highest BCUT2D eigenvalue weighted by Gasteiger charge is 2.24. The number of nitrogens with zero attached hydrogens (tertiary/aromatic N) is 5. The van der Waals surface area contributed by atoms with E-state index in [1.807, 2.05) is 0 Å². The molecule has 0 saturated carbocycles. The molecule has 0 aliphatic carbocycles. The molecule has 1 saturated heterocycles. The van der Waals surface area contributed by atoms with Gasteiger partial charge in [-0.05, 0) is 6.42 Å². The molecule has 140 valence electrons. The molecule has 1 amide bonds. The number of H-pyrrole nitrogens is 2. The van der Waals surface area contributed by atoms with Crippen molar-refractivity contribution in [1.29, 1.82) is 0 Å². The molecule has 4 rings (SSSR count). The summed E-state index contributed by atoms with van der Waals surface area (Å²) in [5, 5.41) is 17.0. The lowest BCUT2D eigenvalue weighted by Gasteiger charge is -2.26. The highest BCUT2D eigenvalue weighted by molar-refractivity contribution is 5.92. The Bertz CT molecular complexity index is 816. The molecule has 0 aromatic carbocycles. The third kappa shape index (κ3) is 3.56. The second-order valence-electron chi connectivity index (χ2n) is 6.79. The number of aromatic nitrogens is 5. The van der Waals surface area contributed by atoms with Crippen molar-refractivity contribution in [1.82, 2.24) is 40.3 Å². The van der Waals surface area contributed by atoms with Crippen LogP contribution >= 0.6 is 0 Å². The minimum Gasteiger partial charge on any atom is -0.336 e. The van der Waals surface area contributed by atoms with Crippen LogP contribution in [0.4, 0.5) is 0 Å². The van der Waals surface area contributed by atoms with Gasteiger partial charge in [-0.15, -0.1) is 5.10 Å². The Morgan fingerprint density at radius 3 is 2.73 bits per heavy atom. The molecule has 26 heavy (non-hydrogen) atoms. The summed E-state index contributed by atoms with van der Waals surface area (Å²) in [6.07, 6.45) is 2.91. The zero-order valence-electron chi connectivity index (χ0n) is 14.7. The molecule has 0 spiro atoms. The first kappa shape index (κ1) is 17.0. The van der Waals surface area contributed by atoms with Gasteiger partial charge in [0.15, 0.2) is 5.69 Å². The number of amides is 1. The first-order valence-electron chi connectivity index (χ1n) is 9.11. The van der Waals surface area contributed by atoms with Gasteiger partial charge >= 0.3 is 0 Å². The summed E-state index contributed by atoms with van der Waals surface area (Å²) in [6, 6.07) is 0. The highest BCUT2D eigenvalue weighted by Crippen LogP contribution is 2.12. The molecule has 0 atom stereocenters. The Morgan fingerprint density at radius 1 is 1.08 bits per heavy atom. The van der Waals surface area contributed by atoms with Crippen molar-refractivity contribution >= 4 is 5.91 Å². The molecular formula is C16H24N8O2. The Kier molecular flexibility index (Phi) is 4.85. The molecule has 2 aliphatic heterocycles. The van der Waals surface area contributed by atoms with E-state index in [2.05, 4.69) is 30.7 Å². The minimum atomic E-state index is -0.125. The fourth-order valence-corrected chi connectivity index (χ4v) is 3.55. The molecule has 2 aromatic rings. The summed E-state index contributed by atoms with van der Waals surface area (Å²) >= 11 is 0. The van der Waals surface area contributed by atoms with Crippen molar-refractivity contribution in [2.75, 3.05) is 45.8 Å². The van der Waals surface area contributed by atoms with Crippen molar-refractivity contribution in [3.63, 3.8) is 0 Å². The Morgan fingerprint density at radius 2 is 1.88 bits per heavy atom. The fourth-order valence-electron chi connectivity index (χ4n) is 3.55. The van der Waals surface area contributed by atoms with Gasteiger partial charge in [0.2, 0.25) is 0 Å². The van der Waals surface area contributed by atoms with Crippen LogP contribution in [-0.2, 0) is 19.4 Å². The van der Waals surface area contributed by atoms with E-state index >= 15 is 0 Å². The first-order valence-corrected chi connectivity index (χ1v) is 9.11. The van der Waals surface area contributed by atoms with Crippen LogP contribution in [0.5, 0.6) is 0 Å². The van der Waals surface area contributed by atoms with Crippen LogP contribution in [0.25, 0.3) is 0 Å². The molecule has 10 nitrogen and oxygen atoms in total. The van der Waals surface area contributed by atoms with E-state index in [-0.39, 0.29) is 11.5 Å². The normalized spacial score (nSPS) is 18.5. The monoisotopic (exact) mass is 360 g/mol. The van der Waals surface area contributed by atoms with Crippen LogP contribution in [0.3, 0.4) is 0 Å². The summed E-state index contributed by atoms with van der Waals surface area (Å²) in [5.74, 6) is -0.125. The van der Waals surface area contributed by atoms with E-state index in [1.54, 1.807) is 15.8 Å². The van der Waals surface area contributed by atoms with E-state index in [9.17, 15) is 9.59 Å². The van der Waals surface area contributed by atoms with Gasteiger partial charge in [-0.3, -0.25) is 24.3 Å². The largest absolute Gasteiger partial charge is 0.336 e. The average Bonchev–Trinajstić information content (AvgIpc) is 3.21. The van der Waals surface area contributed by atoms with Gasteiger partial charge in [-0.2, -0.15) is 0 Å². The van der Waals surface area contributed by atoms with Crippen LogP contribution in [0, 0.1) is 0 Å². The van der Waals surface area contributed by atoms with Crippen LogP contribution in [0.2, 0.25) is 0 Å². The summed E-state index contributed by atoms with van der Waals surface area (Å²) < 4.78 is 1.74. The third-order valence-corrected chi connectivity index (χ3v) is 5.13. The van der Waals surface area contributed by atoms with Gasteiger partial charge in [-0.25, -0.2) is 0 Å². The number of hydrogen-bond donors (Lipinski definition) is 3. The zero-order valence-corrected chi connectivity index (χ0v) is 14.7. The summed E-state index contributed by atoms with van der Waals surface area (Å²) in [7, 11) is 0. The quantitative estimate of drug-likeness (QED) is 0.608. The maximum atomic E-state index is 12.7. The topological polar surface area (TPSA) is 115 Å². The number of aromatic amines is 2. The van der Waals surface area contributed by atoms with Crippen LogP contribution in [0.15, 0.2) is 11.0 Å². The number of nitrogens with one attached hydrogen (secondary N) is 3. The second-order valence-corrected chi connectivity index (χ2v) is 6.79. The van der Waals surface area contributed by atoms with Gasteiger partial charge in [0.1, 0.15) is 0 Å². The lowest BCUT2D eigenvalue weighted by Crippen LogP contribution is -2.44. The maximum Gasteiger partial charge on any atom is 0.276 e. The molecule has 1 fully saturated rings. The maximum absolute atomic E-state index is 12.7. The van der Waals surface area contributed by atoms with Crippen molar-refractivity contribution in [3.8, 4) is 0 Å². The molecule has 0 unspecified atom stereocenters. The molecule has 2 aromatic heterocycles. The molecule has 2 aliphatic rings. The molecule has 0 bridgehead atoms. The lowest BCUT2D eigenvalue weighted by atomic mass is 10.2. The van der Waals surface area contributed by atoms with Gasteiger partial charge < -0.3 is 15.3 Å². The molecule has 3 N–H and O–H groups in total. The lowest BCUT2D eigenvalue weighted by molar-refractivity contribution is 0.0756. The summed E-state index contributed by atoms with van der Waals surface area (Å²) in [4.78, 5) is 28.6. The molecular weight excluding hydrogens is 336 g/mol. The van der Waals surface area contributed by atoms with Gasteiger partial charge in [0.25, 0.3) is 11.5 Å². The SMILES string of the molecule is O=C(c1cn(CCN2CCNCC2)nn1)N1CCc2[nH][nH]c(=O)c2CC1. The van der Waals surface area contributed by atoms with Crippen molar-refractivity contribution in [2.24, 2.45) is 0 Å². The predicted molar refractivity (Wildman–Crippen MR) is 94.1 cm³/mol. The standard InChI is InChI=1S/C16H24N8O2/c25-15-12-1-5-23(6-2-13(12)18-20-15)16(26)14-11-24(21-19-14)10-9-22-7-3-17-4-8-22/h11,17H,1-10H2,(H2,18,20,25). The van der Waals surface area contributed by atoms with E-state index in [1.165, 1.54) is 0 Å². The first-order chi connectivity index (χ1) is 12.7. The Hall–Kier alpha value is -2.46. The number of fused-ring (bicyclic) bond motifs is 1. The summed E-state index contributed by atoms with van der Waals surface area (Å²) in [6.45, 7) is 6.80. The summed E-state index contributed by atoms with van der Waals surface area (Å²) in [5.41, 5.74) is 1.92. The number of rotatable bonds is 4. The third-order valence-electron chi connectivity index (χ3n) is 5.13. The van der Waals surface area contributed by atoms with Crippen LogP contribution in [-0.4, -0.2) is 86.7 Å². The smallest absolute Gasteiger partial charge is 0.276 e. The van der Waals surface area contributed by atoms with Crippen molar-refractivity contribution in [3.05, 3.63) is 33.5 Å². The van der Waals surface area contributed by atoms with Crippen LogP contribution in [0.1, 0.15) is 21.7 Å². The number of carbonyl (C=O) groups is 1. The molecule has 10 heteroatoms. The Balaban J connectivity index is 1.35. The highest BCUT2D eigenvalue weighted by atomic mass is 16.2. The Labute approximate surface area is 150 Å². The van der Waals surface area contributed by atoms with Gasteiger partial charge in [0, 0.05) is 63.5 Å². The van der Waals surface area contributed by atoms with Crippen molar-refractivity contribution in [2.45, 2.75) is 19.4 Å². The fraction of sp³-hybridized carbons (Fsp3) is 0.625. The van der Waals surface area contributed by atoms with E-state index in [4.69, 9.17) is 0 Å².